The Kier molecular flexibility index (Phi) is 5.55. The van der Waals surface area contributed by atoms with E-state index in [1.54, 1.807) is 0 Å². The number of nitrogens with zero attached hydrogens (tertiary/aromatic N) is 1. The van der Waals surface area contributed by atoms with Gasteiger partial charge in [0.2, 0.25) is 0 Å². The van der Waals surface area contributed by atoms with Crippen molar-refractivity contribution in [3.05, 3.63) is 35.4 Å². The van der Waals surface area contributed by atoms with Crippen molar-refractivity contribution in [1.29, 1.82) is 0 Å². The minimum Gasteiger partial charge on any atom is -0.396 e. The van der Waals surface area contributed by atoms with Crippen molar-refractivity contribution in [3.63, 3.8) is 0 Å². The van der Waals surface area contributed by atoms with Crippen molar-refractivity contribution in [3.8, 4) is 0 Å². The van der Waals surface area contributed by atoms with Crippen LogP contribution < -0.4 is 5.73 Å². The van der Waals surface area contributed by atoms with Crippen molar-refractivity contribution in [1.82, 2.24) is 4.90 Å². The molecule has 3 nitrogen and oxygen atoms in total. The summed E-state index contributed by atoms with van der Waals surface area (Å²) in [5, 5.41) is 9.01. The van der Waals surface area contributed by atoms with Crippen molar-refractivity contribution in [2.45, 2.75) is 13.5 Å². The van der Waals surface area contributed by atoms with E-state index in [0.29, 0.717) is 10.9 Å². The molecule has 0 fully saturated rings. The maximum Gasteiger partial charge on any atom is 0.103 e. The van der Waals surface area contributed by atoms with Crippen molar-refractivity contribution >= 4 is 17.2 Å². The molecule has 0 aliphatic heterocycles. The number of aliphatic hydroxyl groups excluding tert-OH is 1. The zero-order valence-corrected chi connectivity index (χ0v) is 11.2. The Hall–Kier alpha value is -0.970. The summed E-state index contributed by atoms with van der Waals surface area (Å²) in [6.07, 6.45) is 0. The van der Waals surface area contributed by atoms with E-state index < -0.39 is 0 Å². The summed E-state index contributed by atoms with van der Waals surface area (Å²) in [6, 6.07) is 7.96. The molecule has 17 heavy (non-hydrogen) atoms. The molecule has 0 saturated carbocycles. The highest BCUT2D eigenvalue weighted by atomic mass is 32.1. The highest BCUT2D eigenvalue weighted by Crippen LogP contribution is 2.09. The highest BCUT2D eigenvalue weighted by Gasteiger charge is 2.06. The molecule has 3 N–H and O–H groups in total. The van der Waals surface area contributed by atoms with Gasteiger partial charge in [-0.25, -0.2) is 0 Å². The van der Waals surface area contributed by atoms with Gasteiger partial charge in [-0.2, -0.15) is 0 Å². The molecule has 94 valence electrons. The Labute approximate surface area is 108 Å². The van der Waals surface area contributed by atoms with Crippen molar-refractivity contribution in [2.24, 2.45) is 11.7 Å². The number of hydrogen-bond donors (Lipinski definition) is 2. The average molecular weight is 252 g/mol. The first-order valence-electron chi connectivity index (χ1n) is 5.71. The molecule has 1 unspecified atom stereocenters. The number of aliphatic hydroxyl groups is 1. The molecule has 4 heteroatoms. The summed E-state index contributed by atoms with van der Waals surface area (Å²) in [7, 11) is 2.04. The minimum atomic E-state index is 0.220. The van der Waals surface area contributed by atoms with Gasteiger partial charge in [0.15, 0.2) is 0 Å². The molecule has 0 aromatic heterocycles. The lowest BCUT2D eigenvalue weighted by Gasteiger charge is -2.20. The number of rotatable bonds is 6. The number of benzene rings is 1. The van der Waals surface area contributed by atoms with Gasteiger partial charge in [0.1, 0.15) is 4.99 Å². The molecule has 1 atom stereocenters. The van der Waals surface area contributed by atoms with Crippen LogP contribution in [0, 0.1) is 5.92 Å². The fourth-order valence-corrected chi connectivity index (χ4v) is 1.92. The fraction of sp³-hybridized carbons (Fsp3) is 0.462. The summed E-state index contributed by atoms with van der Waals surface area (Å²) in [5.74, 6) is 0.291. The highest BCUT2D eigenvalue weighted by molar-refractivity contribution is 7.80. The van der Waals surface area contributed by atoms with Gasteiger partial charge < -0.3 is 15.7 Å². The van der Waals surface area contributed by atoms with Crippen LogP contribution in [0.4, 0.5) is 0 Å². The lowest BCUT2D eigenvalue weighted by Crippen LogP contribution is -2.25. The standard InChI is InChI=1S/C13H20N2OS/c1-10(9-16)7-15(2)8-11-4-3-5-12(6-11)13(14)17/h3-6,10,16H,7-9H2,1-2H3,(H2,14,17). The molecule has 0 amide bonds. The molecular weight excluding hydrogens is 232 g/mol. The third kappa shape index (κ3) is 4.81. The molecular formula is C13H20N2OS. The molecule has 1 aromatic carbocycles. The predicted molar refractivity (Wildman–Crippen MR) is 74.9 cm³/mol. The second-order valence-electron chi connectivity index (χ2n) is 4.55. The summed E-state index contributed by atoms with van der Waals surface area (Å²) < 4.78 is 0. The second-order valence-corrected chi connectivity index (χ2v) is 4.99. The van der Waals surface area contributed by atoms with Crippen LogP contribution in [0.1, 0.15) is 18.1 Å². The topological polar surface area (TPSA) is 49.5 Å². The normalized spacial score (nSPS) is 12.7. The van der Waals surface area contributed by atoms with Gasteiger partial charge in [0.05, 0.1) is 0 Å². The van der Waals surface area contributed by atoms with Crippen molar-refractivity contribution < 1.29 is 5.11 Å². The number of hydrogen-bond acceptors (Lipinski definition) is 3. The Morgan fingerprint density at radius 1 is 1.53 bits per heavy atom. The Morgan fingerprint density at radius 2 is 2.24 bits per heavy atom. The van der Waals surface area contributed by atoms with Crippen LogP contribution in [0.5, 0.6) is 0 Å². The molecule has 0 bridgehead atoms. The summed E-state index contributed by atoms with van der Waals surface area (Å²) in [5.41, 5.74) is 7.69. The summed E-state index contributed by atoms with van der Waals surface area (Å²) >= 11 is 4.96. The Balaban J connectivity index is 2.62. The molecule has 1 rings (SSSR count). The SMILES string of the molecule is CC(CO)CN(C)Cc1cccc(C(N)=S)c1. The van der Waals surface area contributed by atoms with Crippen LogP contribution in [0.3, 0.4) is 0 Å². The first kappa shape index (κ1) is 14.1. The van der Waals surface area contributed by atoms with Crippen LogP contribution in [0.25, 0.3) is 0 Å². The van der Waals surface area contributed by atoms with E-state index >= 15 is 0 Å². The minimum absolute atomic E-state index is 0.220. The van der Waals surface area contributed by atoms with Gasteiger partial charge in [-0.05, 0) is 24.6 Å². The van der Waals surface area contributed by atoms with Gasteiger partial charge in [0, 0.05) is 25.3 Å². The molecule has 1 aromatic rings. The van der Waals surface area contributed by atoms with Crippen LogP contribution in [0.15, 0.2) is 24.3 Å². The zero-order chi connectivity index (χ0) is 12.8. The lowest BCUT2D eigenvalue weighted by molar-refractivity contribution is 0.188. The fourth-order valence-electron chi connectivity index (χ4n) is 1.79. The van der Waals surface area contributed by atoms with Crippen LogP contribution in [-0.4, -0.2) is 35.2 Å². The van der Waals surface area contributed by atoms with Crippen LogP contribution in [0.2, 0.25) is 0 Å². The summed E-state index contributed by atoms with van der Waals surface area (Å²) in [6.45, 7) is 3.95. The largest absolute Gasteiger partial charge is 0.396 e. The number of thiocarbonyl (C=S) groups is 1. The Morgan fingerprint density at radius 3 is 2.82 bits per heavy atom. The van der Waals surface area contributed by atoms with E-state index in [9.17, 15) is 0 Å². The maximum absolute atomic E-state index is 9.01. The molecule has 0 aliphatic carbocycles. The van der Waals surface area contributed by atoms with Crippen LogP contribution in [-0.2, 0) is 6.54 Å². The van der Waals surface area contributed by atoms with E-state index in [-0.39, 0.29) is 6.61 Å². The molecule has 0 saturated heterocycles. The van der Waals surface area contributed by atoms with E-state index in [1.807, 2.05) is 32.2 Å². The quantitative estimate of drug-likeness (QED) is 0.751. The molecule has 0 aliphatic rings. The van der Waals surface area contributed by atoms with Gasteiger partial charge in [-0.3, -0.25) is 0 Å². The molecule has 0 spiro atoms. The van der Waals surface area contributed by atoms with E-state index in [1.165, 1.54) is 5.56 Å². The third-order valence-corrected chi connectivity index (χ3v) is 2.83. The van der Waals surface area contributed by atoms with E-state index in [0.717, 1.165) is 18.7 Å². The van der Waals surface area contributed by atoms with E-state index in [2.05, 4.69) is 11.0 Å². The third-order valence-electron chi connectivity index (χ3n) is 2.60. The number of nitrogens with two attached hydrogens (primary N) is 1. The van der Waals surface area contributed by atoms with Crippen LogP contribution >= 0.6 is 12.2 Å². The van der Waals surface area contributed by atoms with Crippen molar-refractivity contribution in [2.75, 3.05) is 20.2 Å². The monoisotopic (exact) mass is 252 g/mol. The predicted octanol–water partition coefficient (Wildman–Crippen LogP) is 1.38. The van der Waals surface area contributed by atoms with Gasteiger partial charge in [0.25, 0.3) is 0 Å². The second kappa shape index (κ2) is 6.69. The zero-order valence-electron chi connectivity index (χ0n) is 10.4. The molecule has 0 heterocycles. The molecule has 0 radical (unpaired) electrons. The van der Waals surface area contributed by atoms with Gasteiger partial charge in [-0.1, -0.05) is 37.3 Å². The van der Waals surface area contributed by atoms with Gasteiger partial charge >= 0.3 is 0 Å². The smallest absolute Gasteiger partial charge is 0.103 e. The Bertz CT molecular complexity index is 381. The first-order chi connectivity index (χ1) is 8.02. The lowest BCUT2D eigenvalue weighted by atomic mass is 10.1. The average Bonchev–Trinajstić information content (AvgIpc) is 2.28. The van der Waals surface area contributed by atoms with E-state index in [4.69, 9.17) is 23.1 Å². The van der Waals surface area contributed by atoms with Gasteiger partial charge in [-0.15, -0.1) is 0 Å². The maximum atomic E-state index is 9.01. The first-order valence-corrected chi connectivity index (χ1v) is 6.12. The summed E-state index contributed by atoms with van der Waals surface area (Å²) in [4.78, 5) is 2.61.